The van der Waals surface area contributed by atoms with Gasteiger partial charge in [0.05, 0.1) is 5.97 Å². The SMILES string of the molecule is C=C(C)C(=O)[O-].[Zn+]. The van der Waals surface area contributed by atoms with Crippen molar-refractivity contribution in [3.05, 3.63) is 12.2 Å². The molecule has 0 aliphatic carbocycles. The van der Waals surface area contributed by atoms with Crippen LogP contribution in [0.2, 0.25) is 0 Å². The van der Waals surface area contributed by atoms with E-state index < -0.39 is 5.97 Å². The van der Waals surface area contributed by atoms with Gasteiger partial charge in [-0.05, 0) is 12.5 Å². The van der Waals surface area contributed by atoms with Crippen molar-refractivity contribution < 1.29 is 29.4 Å². The molecule has 0 aliphatic rings. The van der Waals surface area contributed by atoms with E-state index in [1.54, 1.807) is 0 Å². The van der Waals surface area contributed by atoms with E-state index in [0.717, 1.165) is 0 Å². The van der Waals surface area contributed by atoms with Gasteiger partial charge in [0.1, 0.15) is 0 Å². The monoisotopic (exact) mass is 149 g/mol. The van der Waals surface area contributed by atoms with Crippen molar-refractivity contribution >= 4 is 5.97 Å². The number of hydrogen-bond donors (Lipinski definition) is 0. The quantitative estimate of drug-likeness (QED) is 0.367. The molecule has 0 aromatic heterocycles. The Hall–Kier alpha value is -0.167. The molecule has 0 fully saturated rings. The first kappa shape index (κ1) is 9.95. The molecule has 0 aromatic carbocycles. The van der Waals surface area contributed by atoms with Crippen molar-refractivity contribution in [2.75, 3.05) is 0 Å². The van der Waals surface area contributed by atoms with E-state index in [0.29, 0.717) is 0 Å². The van der Waals surface area contributed by atoms with Gasteiger partial charge in [0, 0.05) is 0 Å². The number of rotatable bonds is 1. The van der Waals surface area contributed by atoms with Crippen molar-refractivity contribution in [3.63, 3.8) is 0 Å². The summed E-state index contributed by atoms with van der Waals surface area (Å²) in [5.74, 6) is -1.19. The topological polar surface area (TPSA) is 40.1 Å². The van der Waals surface area contributed by atoms with Crippen molar-refractivity contribution in [2.24, 2.45) is 0 Å². The predicted octanol–water partition coefficient (Wildman–Crippen LogP) is -0.690. The van der Waals surface area contributed by atoms with Crippen molar-refractivity contribution in [3.8, 4) is 0 Å². The molecule has 1 radical (unpaired) electrons. The number of carbonyl (C=O) groups excluding carboxylic acids is 1. The predicted molar refractivity (Wildman–Crippen MR) is 19.8 cm³/mol. The van der Waals surface area contributed by atoms with Gasteiger partial charge < -0.3 is 9.90 Å². The van der Waals surface area contributed by atoms with Crippen LogP contribution in [0.25, 0.3) is 0 Å². The summed E-state index contributed by atoms with van der Waals surface area (Å²) in [6.07, 6.45) is 0. The van der Waals surface area contributed by atoms with Crippen LogP contribution < -0.4 is 5.11 Å². The van der Waals surface area contributed by atoms with Gasteiger partial charge in [-0.3, -0.25) is 0 Å². The number of carboxylic acids is 1. The number of carbonyl (C=O) groups is 1. The molecule has 0 atom stereocenters. The standard InChI is InChI=1S/C4H6O2.Zn/c1-3(2)4(5)6;/h1H2,2H3,(H,5,6);/q;+1/p-1. The van der Waals surface area contributed by atoms with Crippen LogP contribution in [0.1, 0.15) is 6.92 Å². The normalized spacial score (nSPS) is 6.43. The molecular formula is C4H5O2Zn. The van der Waals surface area contributed by atoms with Gasteiger partial charge in [0.25, 0.3) is 0 Å². The zero-order valence-electron chi connectivity index (χ0n) is 4.23. The van der Waals surface area contributed by atoms with Crippen LogP contribution in [0.4, 0.5) is 0 Å². The fourth-order valence-electron chi connectivity index (χ4n) is 0. The number of carboxylic acid groups (broad SMARTS) is 1. The fourth-order valence-corrected chi connectivity index (χ4v) is 0. The summed E-state index contributed by atoms with van der Waals surface area (Å²) in [5, 5.41) is 9.49. The average Bonchev–Trinajstić information content (AvgIpc) is 1.36. The molecular weight excluding hydrogens is 145 g/mol. The van der Waals surface area contributed by atoms with Crippen LogP contribution in [0.3, 0.4) is 0 Å². The number of hydrogen-bond acceptors (Lipinski definition) is 2. The minimum Gasteiger partial charge on any atom is -0.545 e. The maximum atomic E-state index is 9.49. The maximum absolute atomic E-state index is 9.49. The first-order valence-electron chi connectivity index (χ1n) is 1.51. The van der Waals surface area contributed by atoms with Crippen molar-refractivity contribution in [1.29, 1.82) is 0 Å². The minimum absolute atomic E-state index is 0. The van der Waals surface area contributed by atoms with E-state index in [-0.39, 0.29) is 25.1 Å². The van der Waals surface area contributed by atoms with Crippen molar-refractivity contribution in [1.82, 2.24) is 0 Å². The second-order valence-corrected chi connectivity index (χ2v) is 1.07. The van der Waals surface area contributed by atoms with E-state index in [4.69, 9.17) is 0 Å². The van der Waals surface area contributed by atoms with Crippen LogP contribution in [0.5, 0.6) is 0 Å². The Labute approximate surface area is 55.0 Å². The molecule has 2 nitrogen and oxygen atoms in total. The molecule has 35 valence electrons. The molecule has 0 spiro atoms. The third-order valence-corrected chi connectivity index (χ3v) is 0.348. The van der Waals surface area contributed by atoms with E-state index >= 15 is 0 Å². The molecule has 0 saturated heterocycles. The Morgan fingerprint density at radius 3 is 1.86 bits per heavy atom. The molecule has 0 aliphatic heterocycles. The van der Waals surface area contributed by atoms with Crippen LogP contribution in [-0.4, -0.2) is 5.97 Å². The molecule has 7 heavy (non-hydrogen) atoms. The van der Waals surface area contributed by atoms with Crippen LogP contribution >= 0.6 is 0 Å². The summed E-state index contributed by atoms with van der Waals surface area (Å²) in [7, 11) is 0. The average molecular weight is 150 g/mol. The zero-order chi connectivity index (χ0) is 5.15. The largest absolute Gasteiger partial charge is 1.00 e. The fraction of sp³-hybridized carbons (Fsp3) is 0.250. The van der Waals surface area contributed by atoms with Gasteiger partial charge in [-0.1, -0.05) is 6.58 Å². The van der Waals surface area contributed by atoms with Gasteiger partial charge in [0.2, 0.25) is 0 Å². The molecule has 0 heterocycles. The van der Waals surface area contributed by atoms with Crippen LogP contribution in [0.15, 0.2) is 12.2 Å². The van der Waals surface area contributed by atoms with E-state index in [1.807, 2.05) is 0 Å². The summed E-state index contributed by atoms with van der Waals surface area (Å²) >= 11 is 0. The maximum Gasteiger partial charge on any atom is 1.00 e. The van der Waals surface area contributed by atoms with Gasteiger partial charge in [-0.15, -0.1) is 0 Å². The zero-order valence-corrected chi connectivity index (χ0v) is 7.20. The van der Waals surface area contributed by atoms with E-state index in [2.05, 4.69) is 6.58 Å². The smallest absolute Gasteiger partial charge is 0.545 e. The molecule has 0 saturated carbocycles. The Bertz CT molecular complexity index is 75.7. The molecule has 3 heteroatoms. The molecule has 0 bridgehead atoms. The molecule has 0 amide bonds. The van der Waals surface area contributed by atoms with Gasteiger partial charge in [-0.2, -0.15) is 0 Å². The Morgan fingerprint density at radius 2 is 1.86 bits per heavy atom. The van der Waals surface area contributed by atoms with Crippen LogP contribution in [-0.2, 0) is 24.3 Å². The van der Waals surface area contributed by atoms with Gasteiger partial charge in [-0.25, -0.2) is 0 Å². The summed E-state index contributed by atoms with van der Waals surface area (Å²) in [6.45, 7) is 4.48. The molecule has 0 rings (SSSR count). The first-order chi connectivity index (χ1) is 2.64. The summed E-state index contributed by atoms with van der Waals surface area (Å²) in [5.41, 5.74) is 0.0648. The second-order valence-electron chi connectivity index (χ2n) is 1.07. The van der Waals surface area contributed by atoms with E-state index in [1.165, 1.54) is 6.92 Å². The third-order valence-electron chi connectivity index (χ3n) is 0.348. The van der Waals surface area contributed by atoms with Gasteiger partial charge >= 0.3 is 19.5 Å². The summed E-state index contributed by atoms with van der Waals surface area (Å²) in [4.78, 5) is 9.49. The Kier molecular flexibility index (Phi) is 5.69. The number of aliphatic carboxylic acids is 1. The third kappa shape index (κ3) is 5.83. The van der Waals surface area contributed by atoms with Gasteiger partial charge in [0.15, 0.2) is 0 Å². The molecule has 0 N–H and O–H groups in total. The van der Waals surface area contributed by atoms with Crippen LogP contribution in [0, 0.1) is 0 Å². The summed E-state index contributed by atoms with van der Waals surface area (Å²) < 4.78 is 0. The molecule has 0 aromatic rings. The second kappa shape index (κ2) is 4.00. The van der Waals surface area contributed by atoms with E-state index in [9.17, 15) is 9.90 Å². The summed E-state index contributed by atoms with van der Waals surface area (Å²) in [6, 6.07) is 0. The first-order valence-corrected chi connectivity index (χ1v) is 1.51. The minimum atomic E-state index is -1.19. The van der Waals surface area contributed by atoms with Crippen molar-refractivity contribution in [2.45, 2.75) is 6.92 Å². The Balaban J connectivity index is 0. The molecule has 0 unspecified atom stereocenters. The Morgan fingerprint density at radius 1 is 1.71 bits per heavy atom.